The molecular weight excluding hydrogens is 222 g/mol. The van der Waals surface area contributed by atoms with Crippen molar-refractivity contribution in [1.82, 2.24) is 0 Å². The van der Waals surface area contributed by atoms with Crippen molar-refractivity contribution in [3.8, 4) is 12.1 Å². The van der Waals surface area contributed by atoms with Crippen LogP contribution in [0, 0.1) is 28.6 Å². The van der Waals surface area contributed by atoms with E-state index in [1.165, 1.54) is 0 Å². The minimum Gasteiger partial charge on any atom is -0.366 e. The second kappa shape index (κ2) is 4.70. The number of rotatable bonds is 1. The predicted octanol–water partition coefficient (Wildman–Crippen LogP) is 3.08. The fourth-order valence-electron chi connectivity index (χ4n) is 2.71. The van der Waals surface area contributed by atoms with Crippen LogP contribution in [0.4, 0.5) is 5.69 Å². The van der Waals surface area contributed by atoms with Crippen LogP contribution in [0.5, 0.6) is 0 Å². The average Bonchev–Trinajstić information content (AvgIpc) is 2.38. The summed E-state index contributed by atoms with van der Waals surface area (Å²) in [5.74, 6) is 0.162. The molecule has 3 heteroatoms. The van der Waals surface area contributed by atoms with Crippen LogP contribution in [0.3, 0.4) is 0 Å². The monoisotopic (exact) mass is 239 g/mol. The summed E-state index contributed by atoms with van der Waals surface area (Å²) in [5, 5.41) is 17.9. The highest BCUT2D eigenvalue weighted by molar-refractivity contribution is 5.52. The van der Waals surface area contributed by atoms with Gasteiger partial charge in [0.05, 0.1) is 23.6 Å². The SMILES string of the molecule is CC1(C)CC(C#N)CCN1c1ccc(C#N)cc1. The molecule has 0 radical (unpaired) electrons. The van der Waals surface area contributed by atoms with Crippen LogP contribution in [0.2, 0.25) is 0 Å². The van der Waals surface area contributed by atoms with Crippen LogP contribution >= 0.6 is 0 Å². The molecular formula is C15H17N3. The van der Waals surface area contributed by atoms with Crippen LogP contribution in [-0.4, -0.2) is 12.1 Å². The molecule has 1 fully saturated rings. The maximum atomic E-state index is 9.04. The van der Waals surface area contributed by atoms with E-state index in [4.69, 9.17) is 10.5 Å². The lowest BCUT2D eigenvalue weighted by atomic mass is 9.83. The van der Waals surface area contributed by atoms with Crippen molar-refractivity contribution in [2.75, 3.05) is 11.4 Å². The van der Waals surface area contributed by atoms with Gasteiger partial charge in [-0.2, -0.15) is 10.5 Å². The van der Waals surface area contributed by atoms with Gasteiger partial charge < -0.3 is 4.90 Å². The molecule has 0 bridgehead atoms. The summed E-state index contributed by atoms with van der Waals surface area (Å²) in [5.41, 5.74) is 1.81. The van der Waals surface area contributed by atoms with E-state index in [0.717, 1.165) is 25.1 Å². The Morgan fingerprint density at radius 2 is 1.89 bits per heavy atom. The molecule has 1 aliphatic heterocycles. The van der Waals surface area contributed by atoms with Gasteiger partial charge in [-0.15, -0.1) is 0 Å². The van der Waals surface area contributed by atoms with Crippen LogP contribution < -0.4 is 4.90 Å². The number of hydrogen-bond donors (Lipinski definition) is 0. The predicted molar refractivity (Wildman–Crippen MR) is 70.9 cm³/mol. The molecule has 92 valence electrons. The highest BCUT2D eigenvalue weighted by Gasteiger charge is 2.34. The van der Waals surface area contributed by atoms with E-state index in [1.807, 2.05) is 24.3 Å². The Labute approximate surface area is 108 Å². The number of piperidine rings is 1. The summed E-state index contributed by atoms with van der Waals surface area (Å²) in [4.78, 5) is 2.34. The smallest absolute Gasteiger partial charge is 0.0991 e. The molecule has 0 aliphatic carbocycles. The summed E-state index contributed by atoms with van der Waals surface area (Å²) in [6.07, 6.45) is 1.81. The third kappa shape index (κ3) is 2.31. The number of benzene rings is 1. The molecule has 1 atom stereocenters. The Morgan fingerprint density at radius 3 is 2.39 bits per heavy atom. The zero-order valence-corrected chi connectivity index (χ0v) is 10.8. The zero-order valence-electron chi connectivity index (χ0n) is 10.8. The molecule has 1 aromatic rings. The maximum Gasteiger partial charge on any atom is 0.0991 e. The first-order valence-electron chi connectivity index (χ1n) is 6.24. The number of nitrogens with zero attached hydrogens (tertiary/aromatic N) is 3. The second-order valence-corrected chi connectivity index (χ2v) is 5.44. The van der Waals surface area contributed by atoms with Crippen molar-refractivity contribution in [3.05, 3.63) is 29.8 Å². The van der Waals surface area contributed by atoms with Crippen molar-refractivity contribution in [2.24, 2.45) is 5.92 Å². The first kappa shape index (κ1) is 12.5. The molecule has 0 saturated carbocycles. The lowest BCUT2D eigenvalue weighted by Crippen LogP contribution is -2.50. The Morgan fingerprint density at radius 1 is 1.22 bits per heavy atom. The lowest BCUT2D eigenvalue weighted by Gasteiger charge is -2.45. The van der Waals surface area contributed by atoms with E-state index < -0.39 is 0 Å². The van der Waals surface area contributed by atoms with E-state index in [1.54, 1.807) is 0 Å². The quantitative estimate of drug-likeness (QED) is 0.756. The van der Waals surface area contributed by atoms with E-state index in [0.29, 0.717) is 5.56 Å². The average molecular weight is 239 g/mol. The molecule has 1 aliphatic rings. The van der Waals surface area contributed by atoms with E-state index in [2.05, 4.69) is 30.9 Å². The highest BCUT2D eigenvalue weighted by Crippen LogP contribution is 2.35. The number of anilines is 1. The van der Waals surface area contributed by atoms with Gasteiger partial charge in [0.1, 0.15) is 0 Å². The van der Waals surface area contributed by atoms with Gasteiger partial charge in [-0.3, -0.25) is 0 Å². The first-order valence-corrected chi connectivity index (χ1v) is 6.24. The molecule has 0 spiro atoms. The molecule has 0 aromatic heterocycles. The lowest BCUT2D eigenvalue weighted by molar-refractivity contribution is 0.315. The zero-order chi connectivity index (χ0) is 13.2. The summed E-state index contributed by atoms with van der Waals surface area (Å²) in [6, 6.07) is 12.2. The third-order valence-electron chi connectivity index (χ3n) is 3.67. The van der Waals surface area contributed by atoms with Gasteiger partial charge >= 0.3 is 0 Å². The number of hydrogen-bond acceptors (Lipinski definition) is 3. The van der Waals surface area contributed by atoms with Gasteiger partial charge in [-0.25, -0.2) is 0 Å². The molecule has 0 amide bonds. The summed E-state index contributed by atoms with van der Waals surface area (Å²) in [7, 11) is 0. The minimum absolute atomic E-state index is 0.00714. The molecule has 1 saturated heterocycles. The Balaban J connectivity index is 2.23. The normalized spacial score (nSPS) is 22.0. The van der Waals surface area contributed by atoms with Gasteiger partial charge in [-0.1, -0.05) is 0 Å². The Bertz CT molecular complexity index is 502. The van der Waals surface area contributed by atoms with Crippen molar-refractivity contribution in [2.45, 2.75) is 32.2 Å². The maximum absolute atomic E-state index is 9.04. The molecule has 18 heavy (non-hydrogen) atoms. The fraction of sp³-hybridized carbons (Fsp3) is 0.467. The summed E-state index contributed by atoms with van der Waals surface area (Å²) >= 11 is 0. The largest absolute Gasteiger partial charge is 0.366 e. The Hall–Kier alpha value is -2.00. The van der Waals surface area contributed by atoms with Gasteiger partial charge in [0.25, 0.3) is 0 Å². The summed E-state index contributed by atoms with van der Waals surface area (Å²) < 4.78 is 0. The molecule has 1 heterocycles. The van der Waals surface area contributed by atoms with Crippen molar-refractivity contribution in [1.29, 1.82) is 10.5 Å². The molecule has 1 unspecified atom stereocenters. The van der Waals surface area contributed by atoms with Crippen LogP contribution in [0.25, 0.3) is 0 Å². The van der Waals surface area contributed by atoms with Crippen molar-refractivity contribution >= 4 is 5.69 Å². The van der Waals surface area contributed by atoms with E-state index in [-0.39, 0.29) is 11.5 Å². The van der Waals surface area contributed by atoms with Crippen LogP contribution in [0.15, 0.2) is 24.3 Å². The molecule has 1 aromatic carbocycles. The minimum atomic E-state index is -0.00714. The van der Waals surface area contributed by atoms with Crippen molar-refractivity contribution in [3.63, 3.8) is 0 Å². The van der Waals surface area contributed by atoms with Gasteiger partial charge in [0, 0.05) is 17.8 Å². The number of nitriles is 2. The van der Waals surface area contributed by atoms with Crippen LogP contribution in [0.1, 0.15) is 32.3 Å². The van der Waals surface area contributed by atoms with Gasteiger partial charge in [-0.05, 0) is 51.0 Å². The molecule has 3 nitrogen and oxygen atoms in total. The fourth-order valence-corrected chi connectivity index (χ4v) is 2.71. The van der Waals surface area contributed by atoms with Crippen LogP contribution in [-0.2, 0) is 0 Å². The highest BCUT2D eigenvalue weighted by atomic mass is 15.2. The first-order chi connectivity index (χ1) is 8.56. The van der Waals surface area contributed by atoms with E-state index >= 15 is 0 Å². The topological polar surface area (TPSA) is 50.8 Å². The molecule has 0 N–H and O–H groups in total. The van der Waals surface area contributed by atoms with Gasteiger partial charge in [0.15, 0.2) is 0 Å². The Kier molecular flexibility index (Phi) is 3.26. The summed E-state index contributed by atoms with van der Waals surface area (Å²) in [6.45, 7) is 5.25. The van der Waals surface area contributed by atoms with Crippen molar-refractivity contribution < 1.29 is 0 Å². The van der Waals surface area contributed by atoms with Gasteiger partial charge in [0.2, 0.25) is 0 Å². The standard InChI is InChI=1S/C15H17N3/c1-15(2)9-13(11-17)7-8-18(15)14-5-3-12(10-16)4-6-14/h3-6,13H,7-9H2,1-2H3. The molecule has 2 rings (SSSR count). The third-order valence-corrected chi connectivity index (χ3v) is 3.67. The second-order valence-electron chi connectivity index (χ2n) is 5.44. The van der Waals surface area contributed by atoms with E-state index in [9.17, 15) is 0 Å².